The lowest BCUT2D eigenvalue weighted by Crippen LogP contribution is -2.05. The Kier molecular flexibility index (Phi) is 4.80. The van der Waals surface area contributed by atoms with E-state index in [0.717, 1.165) is 23.6 Å². The zero-order chi connectivity index (χ0) is 14.5. The average molecular weight is 269 g/mol. The van der Waals surface area contributed by atoms with Gasteiger partial charge in [-0.15, -0.1) is 0 Å². The molecule has 2 nitrogen and oxygen atoms in total. The van der Waals surface area contributed by atoms with Gasteiger partial charge in [0.1, 0.15) is 11.5 Å². The van der Waals surface area contributed by atoms with Crippen LogP contribution in [0.1, 0.15) is 36.5 Å². The number of hydrogen-bond donors (Lipinski definition) is 1. The van der Waals surface area contributed by atoms with Crippen molar-refractivity contribution in [2.45, 2.75) is 33.2 Å². The highest BCUT2D eigenvalue weighted by Crippen LogP contribution is 2.27. The van der Waals surface area contributed by atoms with Gasteiger partial charge in [0, 0.05) is 6.54 Å². The van der Waals surface area contributed by atoms with Crippen LogP contribution in [-0.2, 0) is 6.54 Å². The number of rotatable bonds is 5. The topological polar surface area (TPSA) is 21.3 Å². The first kappa shape index (κ1) is 14.6. The van der Waals surface area contributed by atoms with Crippen molar-refractivity contribution < 1.29 is 4.74 Å². The number of ether oxygens (including phenoxy) is 1. The molecule has 20 heavy (non-hydrogen) atoms. The molecule has 2 aromatic rings. The van der Waals surface area contributed by atoms with Gasteiger partial charge in [0.15, 0.2) is 0 Å². The van der Waals surface area contributed by atoms with Crippen LogP contribution in [0.2, 0.25) is 0 Å². The highest BCUT2D eigenvalue weighted by Gasteiger charge is 2.04. The van der Waals surface area contributed by atoms with Gasteiger partial charge < -0.3 is 10.1 Å². The number of nitrogens with one attached hydrogen (secondary N) is 1. The van der Waals surface area contributed by atoms with E-state index in [4.69, 9.17) is 4.74 Å². The summed E-state index contributed by atoms with van der Waals surface area (Å²) in [5.74, 6) is 2.36. The molecule has 2 aromatic carbocycles. The molecule has 1 N–H and O–H groups in total. The molecule has 0 heterocycles. The third-order valence-electron chi connectivity index (χ3n) is 3.41. The molecular formula is C18H23NO. The van der Waals surface area contributed by atoms with Crippen LogP contribution in [0.3, 0.4) is 0 Å². The molecule has 0 unspecified atom stereocenters. The van der Waals surface area contributed by atoms with Crippen molar-refractivity contribution in [3.8, 4) is 11.5 Å². The normalized spacial score (nSPS) is 10.8. The third-order valence-corrected chi connectivity index (χ3v) is 3.41. The molecule has 0 radical (unpaired) electrons. The lowest BCUT2D eigenvalue weighted by molar-refractivity contribution is 0.477. The van der Waals surface area contributed by atoms with E-state index in [-0.39, 0.29) is 0 Å². The molecule has 0 aliphatic rings. The minimum Gasteiger partial charge on any atom is -0.457 e. The van der Waals surface area contributed by atoms with Gasteiger partial charge >= 0.3 is 0 Å². The predicted molar refractivity (Wildman–Crippen MR) is 84.5 cm³/mol. The molecule has 0 aliphatic carbocycles. The third kappa shape index (κ3) is 3.61. The van der Waals surface area contributed by atoms with E-state index in [1.165, 1.54) is 11.1 Å². The van der Waals surface area contributed by atoms with Crippen LogP contribution in [0.5, 0.6) is 11.5 Å². The highest BCUT2D eigenvalue weighted by atomic mass is 16.5. The quantitative estimate of drug-likeness (QED) is 0.854. The molecule has 0 amide bonds. The zero-order valence-electron chi connectivity index (χ0n) is 12.7. The second-order valence-corrected chi connectivity index (χ2v) is 5.46. The molecule has 106 valence electrons. The first-order valence-electron chi connectivity index (χ1n) is 7.12. The number of hydrogen-bond acceptors (Lipinski definition) is 2. The van der Waals surface area contributed by atoms with Gasteiger partial charge in [-0.3, -0.25) is 0 Å². The van der Waals surface area contributed by atoms with E-state index in [1.807, 2.05) is 19.2 Å². The van der Waals surface area contributed by atoms with E-state index >= 15 is 0 Å². The Hall–Kier alpha value is -1.80. The van der Waals surface area contributed by atoms with Crippen LogP contribution in [0.4, 0.5) is 0 Å². The van der Waals surface area contributed by atoms with Gasteiger partial charge in [0.25, 0.3) is 0 Å². The minimum absolute atomic E-state index is 0.546. The molecular weight excluding hydrogens is 246 g/mol. The van der Waals surface area contributed by atoms with Crippen LogP contribution < -0.4 is 10.1 Å². The molecule has 0 saturated carbocycles. The average Bonchev–Trinajstić information content (AvgIpc) is 2.43. The van der Waals surface area contributed by atoms with E-state index < -0.39 is 0 Å². The van der Waals surface area contributed by atoms with Gasteiger partial charge in [-0.1, -0.05) is 38.1 Å². The second kappa shape index (κ2) is 6.58. The highest BCUT2D eigenvalue weighted by molar-refractivity contribution is 5.40. The summed E-state index contributed by atoms with van der Waals surface area (Å²) in [6, 6.07) is 14.7. The van der Waals surface area contributed by atoms with Gasteiger partial charge in [0.05, 0.1) is 0 Å². The Balaban J connectivity index is 2.18. The summed E-state index contributed by atoms with van der Waals surface area (Å²) in [5, 5.41) is 3.16. The summed E-state index contributed by atoms with van der Waals surface area (Å²) in [6.07, 6.45) is 0. The monoisotopic (exact) mass is 269 g/mol. The Bertz CT molecular complexity index is 558. The molecule has 0 spiro atoms. The van der Waals surface area contributed by atoms with Crippen molar-refractivity contribution in [1.82, 2.24) is 5.32 Å². The van der Waals surface area contributed by atoms with Crippen LogP contribution in [0, 0.1) is 6.92 Å². The van der Waals surface area contributed by atoms with Crippen LogP contribution in [0.25, 0.3) is 0 Å². The maximum atomic E-state index is 6.00. The second-order valence-electron chi connectivity index (χ2n) is 5.46. The van der Waals surface area contributed by atoms with Crippen molar-refractivity contribution in [3.05, 3.63) is 59.2 Å². The van der Waals surface area contributed by atoms with Crippen LogP contribution in [-0.4, -0.2) is 7.05 Å². The van der Waals surface area contributed by atoms with E-state index in [2.05, 4.69) is 56.4 Å². The van der Waals surface area contributed by atoms with Gasteiger partial charge in [0.2, 0.25) is 0 Å². The zero-order valence-corrected chi connectivity index (χ0v) is 12.7. The first-order chi connectivity index (χ1) is 9.60. The SMILES string of the molecule is CNCc1ccc(C)c(Oc2ccc(C(C)C)cc2)c1. The van der Waals surface area contributed by atoms with Crippen molar-refractivity contribution in [2.75, 3.05) is 7.05 Å². The lowest BCUT2D eigenvalue weighted by Gasteiger charge is -2.12. The van der Waals surface area contributed by atoms with Gasteiger partial charge in [-0.05, 0) is 54.8 Å². The van der Waals surface area contributed by atoms with E-state index in [1.54, 1.807) is 0 Å². The van der Waals surface area contributed by atoms with Crippen molar-refractivity contribution in [2.24, 2.45) is 0 Å². The Labute approximate surface area is 121 Å². The van der Waals surface area contributed by atoms with Crippen LogP contribution in [0.15, 0.2) is 42.5 Å². The van der Waals surface area contributed by atoms with Crippen molar-refractivity contribution in [3.63, 3.8) is 0 Å². The Morgan fingerprint density at radius 3 is 2.35 bits per heavy atom. The fourth-order valence-electron chi connectivity index (χ4n) is 2.12. The molecule has 2 heteroatoms. The van der Waals surface area contributed by atoms with E-state index in [9.17, 15) is 0 Å². The first-order valence-corrected chi connectivity index (χ1v) is 7.12. The van der Waals surface area contributed by atoms with Crippen molar-refractivity contribution >= 4 is 0 Å². The Morgan fingerprint density at radius 2 is 1.75 bits per heavy atom. The summed E-state index contributed by atoms with van der Waals surface area (Å²) >= 11 is 0. The molecule has 0 saturated heterocycles. The van der Waals surface area contributed by atoms with Gasteiger partial charge in [-0.25, -0.2) is 0 Å². The summed E-state index contributed by atoms with van der Waals surface area (Å²) in [7, 11) is 1.95. The lowest BCUT2D eigenvalue weighted by atomic mass is 10.0. The summed E-state index contributed by atoms with van der Waals surface area (Å²) in [4.78, 5) is 0. The minimum atomic E-state index is 0.546. The summed E-state index contributed by atoms with van der Waals surface area (Å²) in [5.41, 5.74) is 3.71. The standard InChI is InChI=1S/C18H23NO/c1-13(2)16-7-9-17(10-8-16)20-18-11-15(12-19-4)6-5-14(18)3/h5-11,13,19H,12H2,1-4H3. The van der Waals surface area contributed by atoms with Gasteiger partial charge in [-0.2, -0.15) is 0 Å². The van der Waals surface area contributed by atoms with E-state index in [0.29, 0.717) is 5.92 Å². The maximum Gasteiger partial charge on any atom is 0.130 e. The largest absolute Gasteiger partial charge is 0.457 e. The molecule has 0 fully saturated rings. The number of benzene rings is 2. The summed E-state index contributed by atoms with van der Waals surface area (Å²) < 4.78 is 6.00. The van der Waals surface area contributed by atoms with Crippen molar-refractivity contribution in [1.29, 1.82) is 0 Å². The molecule has 0 aliphatic heterocycles. The fourth-order valence-corrected chi connectivity index (χ4v) is 2.12. The molecule has 0 atom stereocenters. The summed E-state index contributed by atoms with van der Waals surface area (Å²) in [6.45, 7) is 7.31. The predicted octanol–water partition coefficient (Wildman–Crippen LogP) is 4.63. The smallest absolute Gasteiger partial charge is 0.130 e. The number of aryl methyl sites for hydroxylation is 1. The Morgan fingerprint density at radius 1 is 1.05 bits per heavy atom. The molecule has 0 aromatic heterocycles. The molecule has 2 rings (SSSR count). The van der Waals surface area contributed by atoms with Crippen LogP contribution >= 0.6 is 0 Å². The molecule has 0 bridgehead atoms. The maximum absolute atomic E-state index is 6.00. The fraction of sp³-hybridized carbons (Fsp3) is 0.333.